The van der Waals surface area contributed by atoms with Crippen molar-refractivity contribution in [1.29, 1.82) is 0 Å². The van der Waals surface area contributed by atoms with Gasteiger partial charge in [-0.25, -0.2) is 0 Å². The number of hydrogen-bond donors (Lipinski definition) is 1. The molecule has 1 saturated heterocycles. The summed E-state index contributed by atoms with van der Waals surface area (Å²) in [6, 6.07) is 4.22. The summed E-state index contributed by atoms with van der Waals surface area (Å²) in [5, 5.41) is 3.19. The van der Waals surface area contributed by atoms with Crippen LogP contribution in [0.15, 0.2) is 18.2 Å². The molecular weight excluding hydrogens is 243 g/mol. The molecule has 0 radical (unpaired) electrons. The van der Waals surface area contributed by atoms with Crippen LogP contribution in [-0.2, 0) is 11.6 Å². The Balaban J connectivity index is 2.14. The van der Waals surface area contributed by atoms with E-state index in [0.717, 1.165) is 19.2 Å². The minimum Gasteiger partial charge on any atom is -0.492 e. The second-order valence-electron chi connectivity index (χ2n) is 5.00. The van der Waals surface area contributed by atoms with Crippen molar-refractivity contribution in [3.8, 4) is 5.75 Å². The lowest BCUT2D eigenvalue weighted by Crippen LogP contribution is -2.41. The second-order valence-corrected chi connectivity index (χ2v) is 5.00. The molecule has 0 unspecified atom stereocenters. The second kappa shape index (κ2) is 3.88. The molecule has 18 heavy (non-hydrogen) atoms. The summed E-state index contributed by atoms with van der Waals surface area (Å²) < 4.78 is 44.8. The van der Waals surface area contributed by atoms with Crippen molar-refractivity contribution in [2.75, 3.05) is 19.7 Å². The molecule has 1 fully saturated rings. The third-order valence-electron chi connectivity index (χ3n) is 3.93. The Morgan fingerprint density at radius 3 is 2.56 bits per heavy atom. The molecule has 0 atom stereocenters. The Kier molecular flexibility index (Phi) is 2.55. The van der Waals surface area contributed by atoms with Gasteiger partial charge in [0, 0.05) is 11.0 Å². The van der Waals surface area contributed by atoms with E-state index in [2.05, 4.69) is 5.32 Å². The molecule has 1 spiro atoms. The van der Waals surface area contributed by atoms with E-state index in [1.807, 2.05) is 0 Å². The van der Waals surface area contributed by atoms with Gasteiger partial charge in [0.1, 0.15) is 5.75 Å². The van der Waals surface area contributed by atoms with Gasteiger partial charge in [0.15, 0.2) is 0 Å². The molecular formula is C13H14F3NO. The molecule has 0 aliphatic carbocycles. The zero-order valence-electron chi connectivity index (χ0n) is 9.81. The van der Waals surface area contributed by atoms with Gasteiger partial charge in [0.25, 0.3) is 0 Å². The molecule has 5 heteroatoms. The molecule has 0 saturated carbocycles. The SMILES string of the molecule is FC(F)(F)c1cccc2c1C1(CCNCC1)CO2. The van der Waals surface area contributed by atoms with Crippen LogP contribution in [0.2, 0.25) is 0 Å². The number of fused-ring (bicyclic) bond motifs is 2. The number of ether oxygens (including phenoxy) is 1. The summed E-state index contributed by atoms with van der Waals surface area (Å²) in [6.07, 6.45) is -2.91. The van der Waals surface area contributed by atoms with Crippen LogP contribution >= 0.6 is 0 Å². The van der Waals surface area contributed by atoms with Crippen LogP contribution in [0.25, 0.3) is 0 Å². The number of alkyl halides is 3. The number of benzene rings is 1. The summed E-state index contributed by atoms with van der Waals surface area (Å²) in [5.41, 5.74) is -0.606. The summed E-state index contributed by atoms with van der Waals surface area (Å²) in [5.74, 6) is 0.409. The molecule has 1 aromatic carbocycles. The lowest BCUT2D eigenvalue weighted by molar-refractivity contribution is -0.138. The fourth-order valence-corrected chi connectivity index (χ4v) is 3.02. The molecule has 0 bridgehead atoms. The maximum Gasteiger partial charge on any atom is 0.416 e. The van der Waals surface area contributed by atoms with E-state index in [1.165, 1.54) is 6.07 Å². The van der Waals surface area contributed by atoms with Crippen LogP contribution in [0.5, 0.6) is 5.75 Å². The van der Waals surface area contributed by atoms with Crippen molar-refractivity contribution in [3.63, 3.8) is 0 Å². The molecule has 2 aliphatic rings. The Bertz CT molecular complexity index is 458. The first-order valence-corrected chi connectivity index (χ1v) is 6.07. The third kappa shape index (κ3) is 1.68. The van der Waals surface area contributed by atoms with Crippen molar-refractivity contribution >= 4 is 0 Å². The first-order valence-electron chi connectivity index (χ1n) is 6.07. The van der Waals surface area contributed by atoms with Crippen LogP contribution in [0.4, 0.5) is 13.2 Å². The zero-order valence-corrected chi connectivity index (χ0v) is 9.81. The van der Waals surface area contributed by atoms with Gasteiger partial charge in [-0.05, 0) is 38.1 Å². The Morgan fingerprint density at radius 2 is 1.89 bits per heavy atom. The fraction of sp³-hybridized carbons (Fsp3) is 0.538. The molecule has 0 amide bonds. The van der Waals surface area contributed by atoms with E-state index in [9.17, 15) is 13.2 Å². The van der Waals surface area contributed by atoms with Crippen LogP contribution < -0.4 is 10.1 Å². The number of halogens is 3. The van der Waals surface area contributed by atoms with Crippen molar-refractivity contribution in [1.82, 2.24) is 5.32 Å². The molecule has 1 aromatic rings. The summed E-state index contributed by atoms with van der Waals surface area (Å²) in [7, 11) is 0. The van der Waals surface area contributed by atoms with Crippen LogP contribution in [0.1, 0.15) is 24.0 Å². The van der Waals surface area contributed by atoms with Crippen molar-refractivity contribution in [2.24, 2.45) is 0 Å². The molecule has 1 N–H and O–H groups in total. The van der Waals surface area contributed by atoms with E-state index < -0.39 is 17.2 Å². The summed E-state index contributed by atoms with van der Waals surface area (Å²) in [6.45, 7) is 1.86. The topological polar surface area (TPSA) is 21.3 Å². The fourth-order valence-electron chi connectivity index (χ4n) is 3.02. The highest BCUT2D eigenvalue weighted by molar-refractivity contribution is 5.50. The normalized spacial score (nSPS) is 21.7. The first-order chi connectivity index (χ1) is 8.53. The van der Waals surface area contributed by atoms with Gasteiger partial charge in [-0.1, -0.05) is 6.07 Å². The van der Waals surface area contributed by atoms with E-state index >= 15 is 0 Å². The Morgan fingerprint density at radius 1 is 1.17 bits per heavy atom. The molecule has 0 aromatic heterocycles. The number of hydrogen-bond acceptors (Lipinski definition) is 2. The highest BCUT2D eigenvalue weighted by Crippen LogP contribution is 2.49. The molecule has 2 nitrogen and oxygen atoms in total. The zero-order chi connectivity index (χ0) is 12.8. The highest BCUT2D eigenvalue weighted by atomic mass is 19.4. The number of piperidine rings is 1. The lowest BCUT2D eigenvalue weighted by atomic mass is 9.73. The van der Waals surface area contributed by atoms with E-state index in [4.69, 9.17) is 4.74 Å². The van der Waals surface area contributed by atoms with E-state index in [1.54, 1.807) is 6.07 Å². The van der Waals surface area contributed by atoms with Gasteiger partial charge in [0.05, 0.1) is 12.2 Å². The maximum absolute atomic E-state index is 13.1. The van der Waals surface area contributed by atoms with Crippen molar-refractivity contribution < 1.29 is 17.9 Å². The highest BCUT2D eigenvalue weighted by Gasteiger charge is 2.48. The van der Waals surface area contributed by atoms with Crippen molar-refractivity contribution in [3.05, 3.63) is 29.3 Å². The van der Waals surface area contributed by atoms with Crippen molar-refractivity contribution in [2.45, 2.75) is 24.4 Å². The monoisotopic (exact) mass is 257 g/mol. The summed E-state index contributed by atoms with van der Waals surface area (Å²) >= 11 is 0. The Labute approximate surface area is 103 Å². The van der Waals surface area contributed by atoms with Gasteiger partial charge in [-0.3, -0.25) is 0 Å². The maximum atomic E-state index is 13.1. The average molecular weight is 257 g/mol. The molecule has 2 heterocycles. The third-order valence-corrected chi connectivity index (χ3v) is 3.93. The van der Waals surface area contributed by atoms with Gasteiger partial charge in [-0.2, -0.15) is 13.2 Å². The molecule has 98 valence electrons. The van der Waals surface area contributed by atoms with Crippen LogP contribution in [0, 0.1) is 0 Å². The predicted molar refractivity (Wildman–Crippen MR) is 60.7 cm³/mol. The molecule has 3 rings (SSSR count). The summed E-state index contributed by atoms with van der Waals surface area (Å²) in [4.78, 5) is 0. The minimum absolute atomic E-state index is 0.372. The lowest BCUT2D eigenvalue weighted by Gasteiger charge is -2.34. The largest absolute Gasteiger partial charge is 0.492 e. The van der Waals surface area contributed by atoms with Crippen LogP contribution in [-0.4, -0.2) is 19.7 Å². The smallest absolute Gasteiger partial charge is 0.416 e. The van der Waals surface area contributed by atoms with Gasteiger partial charge in [0.2, 0.25) is 0 Å². The Hall–Kier alpha value is -1.23. The quantitative estimate of drug-likeness (QED) is 0.771. The van der Waals surface area contributed by atoms with Gasteiger partial charge in [-0.15, -0.1) is 0 Å². The van der Waals surface area contributed by atoms with E-state index in [-0.39, 0.29) is 0 Å². The number of nitrogens with one attached hydrogen (secondary N) is 1. The minimum atomic E-state index is -4.31. The van der Waals surface area contributed by atoms with Gasteiger partial charge < -0.3 is 10.1 Å². The molecule has 2 aliphatic heterocycles. The van der Waals surface area contributed by atoms with Gasteiger partial charge >= 0.3 is 6.18 Å². The predicted octanol–water partition coefficient (Wildman–Crippen LogP) is 2.72. The van der Waals surface area contributed by atoms with Crippen LogP contribution in [0.3, 0.4) is 0 Å². The first kappa shape index (κ1) is 11.8. The average Bonchev–Trinajstić information content (AvgIpc) is 2.69. The standard InChI is InChI=1S/C13H14F3NO/c14-13(15,16)9-2-1-3-10-11(9)12(8-18-10)4-6-17-7-5-12/h1-3,17H,4-8H2. The number of rotatable bonds is 0. The van der Waals surface area contributed by atoms with E-state index in [0.29, 0.717) is 30.8 Å².